The van der Waals surface area contributed by atoms with Crippen molar-refractivity contribution in [2.24, 2.45) is 0 Å². The quantitative estimate of drug-likeness (QED) is 0.688. The lowest BCUT2D eigenvalue weighted by molar-refractivity contribution is 0.101. The number of carbonyl (C=O) groups excluding carboxylic acids is 1. The highest BCUT2D eigenvalue weighted by Gasteiger charge is 2.09. The van der Waals surface area contributed by atoms with Crippen LogP contribution in [0, 0.1) is 6.92 Å². The molecule has 0 radical (unpaired) electrons. The van der Waals surface area contributed by atoms with Gasteiger partial charge in [0.25, 0.3) is 0 Å². The van der Waals surface area contributed by atoms with E-state index in [0.717, 1.165) is 10.9 Å². The summed E-state index contributed by atoms with van der Waals surface area (Å²) in [6, 6.07) is 5.51. The Labute approximate surface area is 92.9 Å². The maximum Gasteiger partial charge on any atom is 0.162 e. The van der Waals surface area contributed by atoms with Crippen LogP contribution >= 0.6 is 11.6 Å². The van der Waals surface area contributed by atoms with Crippen molar-refractivity contribution in [2.75, 3.05) is 0 Å². The molecule has 0 saturated heterocycles. The number of aryl methyl sites for hydroxylation is 1. The highest BCUT2D eigenvalue weighted by atomic mass is 35.5. The number of rotatable bonds is 1. The second kappa shape index (κ2) is 3.63. The summed E-state index contributed by atoms with van der Waals surface area (Å²) in [5.74, 6) is 0.0125. The predicted octanol–water partition coefficient (Wildman–Crippen LogP) is 3.40. The number of carbonyl (C=O) groups is 1. The van der Waals surface area contributed by atoms with Gasteiger partial charge < -0.3 is 0 Å². The molecule has 0 aliphatic heterocycles. The molecule has 0 N–H and O–H groups in total. The summed E-state index contributed by atoms with van der Waals surface area (Å²) in [7, 11) is 0. The van der Waals surface area contributed by atoms with Crippen molar-refractivity contribution in [1.29, 1.82) is 0 Å². The molecule has 0 unspecified atom stereocenters. The van der Waals surface area contributed by atoms with Crippen molar-refractivity contribution in [3.63, 3.8) is 0 Å². The highest BCUT2D eigenvalue weighted by molar-refractivity contribution is 6.35. The monoisotopic (exact) mass is 219 g/mol. The lowest BCUT2D eigenvalue weighted by Gasteiger charge is -2.05. The summed E-state index contributed by atoms with van der Waals surface area (Å²) < 4.78 is 0. The van der Waals surface area contributed by atoms with Gasteiger partial charge in [0.05, 0.1) is 10.5 Å². The van der Waals surface area contributed by atoms with Gasteiger partial charge in [-0.3, -0.25) is 9.78 Å². The van der Waals surface area contributed by atoms with E-state index in [4.69, 9.17) is 11.6 Å². The van der Waals surface area contributed by atoms with Crippen LogP contribution in [-0.2, 0) is 0 Å². The lowest BCUT2D eigenvalue weighted by atomic mass is 10.0. The Hall–Kier alpha value is -1.41. The SMILES string of the molecule is CC(=O)c1cc(C)cc2c(Cl)ccnc12. The molecule has 0 aliphatic rings. The summed E-state index contributed by atoms with van der Waals surface area (Å²) in [5, 5.41) is 1.47. The van der Waals surface area contributed by atoms with Crippen LogP contribution in [-0.4, -0.2) is 10.8 Å². The Morgan fingerprint density at radius 1 is 1.40 bits per heavy atom. The fourth-order valence-electron chi connectivity index (χ4n) is 1.64. The average Bonchev–Trinajstić information content (AvgIpc) is 2.18. The normalized spacial score (nSPS) is 10.6. The zero-order chi connectivity index (χ0) is 11.0. The van der Waals surface area contributed by atoms with Gasteiger partial charge in [0, 0.05) is 17.1 Å². The fourth-order valence-corrected chi connectivity index (χ4v) is 1.84. The zero-order valence-electron chi connectivity index (χ0n) is 8.54. The molecule has 1 heterocycles. The second-order valence-corrected chi connectivity index (χ2v) is 3.96. The van der Waals surface area contributed by atoms with Crippen molar-refractivity contribution in [3.05, 3.63) is 40.5 Å². The predicted molar refractivity (Wildman–Crippen MR) is 61.5 cm³/mol. The van der Waals surface area contributed by atoms with Gasteiger partial charge in [0.15, 0.2) is 5.78 Å². The van der Waals surface area contributed by atoms with Crippen LogP contribution in [0.1, 0.15) is 22.8 Å². The molecule has 2 rings (SSSR count). The smallest absolute Gasteiger partial charge is 0.162 e. The third-order valence-electron chi connectivity index (χ3n) is 2.32. The van der Waals surface area contributed by atoms with Crippen molar-refractivity contribution in [2.45, 2.75) is 13.8 Å². The lowest BCUT2D eigenvalue weighted by Crippen LogP contribution is -1.96. The van der Waals surface area contributed by atoms with E-state index in [-0.39, 0.29) is 5.78 Å². The van der Waals surface area contributed by atoms with Crippen LogP contribution in [0.15, 0.2) is 24.4 Å². The number of hydrogen-bond donors (Lipinski definition) is 0. The third kappa shape index (κ3) is 1.73. The second-order valence-electron chi connectivity index (χ2n) is 3.56. The molecular formula is C12H10ClNO. The number of Topliss-reactive ketones (excluding diaryl/α,β-unsaturated/α-hetero) is 1. The number of nitrogens with zero attached hydrogens (tertiary/aromatic N) is 1. The van der Waals surface area contributed by atoms with E-state index >= 15 is 0 Å². The molecule has 0 bridgehead atoms. The summed E-state index contributed by atoms with van der Waals surface area (Å²) in [5.41, 5.74) is 2.33. The largest absolute Gasteiger partial charge is 0.294 e. The van der Waals surface area contributed by atoms with Crippen molar-refractivity contribution in [3.8, 4) is 0 Å². The molecule has 2 aromatic rings. The van der Waals surface area contributed by atoms with Crippen LogP contribution in [0.3, 0.4) is 0 Å². The molecule has 15 heavy (non-hydrogen) atoms. The van der Waals surface area contributed by atoms with Gasteiger partial charge >= 0.3 is 0 Å². The van der Waals surface area contributed by atoms with E-state index in [2.05, 4.69) is 4.98 Å². The fraction of sp³-hybridized carbons (Fsp3) is 0.167. The van der Waals surface area contributed by atoms with E-state index < -0.39 is 0 Å². The molecule has 1 aromatic carbocycles. The number of benzene rings is 1. The minimum Gasteiger partial charge on any atom is -0.294 e. The number of pyridine rings is 1. The first-order chi connectivity index (χ1) is 7.09. The average molecular weight is 220 g/mol. The van der Waals surface area contributed by atoms with Gasteiger partial charge in [0.2, 0.25) is 0 Å². The molecule has 0 amide bonds. The van der Waals surface area contributed by atoms with Crippen molar-refractivity contribution >= 4 is 28.3 Å². The zero-order valence-corrected chi connectivity index (χ0v) is 9.30. The van der Waals surface area contributed by atoms with Crippen molar-refractivity contribution in [1.82, 2.24) is 4.98 Å². The summed E-state index contributed by atoms with van der Waals surface area (Å²) in [6.45, 7) is 3.48. The molecule has 0 fully saturated rings. The van der Waals surface area contributed by atoms with E-state index in [1.807, 2.05) is 19.1 Å². The van der Waals surface area contributed by atoms with E-state index in [9.17, 15) is 4.79 Å². The Kier molecular flexibility index (Phi) is 2.45. The van der Waals surface area contributed by atoms with E-state index in [1.54, 1.807) is 12.3 Å². The summed E-state index contributed by atoms with van der Waals surface area (Å²) in [4.78, 5) is 15.6. The Morgan fingerprint density at radius 2 is 2.13 bits per heavy atom. The minimum atomic E-state index is 0.0125. The Morgan fingerprint density at radius 3 is 2.80 bits per heavy atom. The Balaban J connectivity index is 2.92. The number of aromatic nitrogens is 1. The van der Waals surface area contributed by atoms with Gasteiger partial charge in [0.1, 0.15) is 0 Å². The first-order valence-electron chi connectivity index (χ1n) is 4.65. The van der Waals surface area contributed by atoms with E-state index in [1.165, 1.54) is 6.92 Å². The van der Waals surface area contributed by atoms with Crippen molar-refractivity contribution < 1.29 is 4.79 Å². The molecule has 1 aromatic heterocycles. The first-order valence-corrected chi connectivity index (χ1v) is 5.03. The number of ketones is 1. The topological polar surface area (TPSA) is 30.0 Å². The molecule has 3 heteroatoms. The number of fused-ring (bicyclic) bond motifs is 1. The van der Waals surface area contributed by atoms with E-state index in [0.29, 0.717) is 16.1 Å². The number of hydrogen-bond acceptors (Lipinski definition) is 2. The molecule has 0 spiro atoms. The van der Waals surface area contributed by atoms with Gasteiger partial charge in [-0.05, 0) is 37.6 Å². The van der Waals surface area contributed by atoms with Crippen LogP contribution in [0.2, 0.25) is 5.02 Å². The molecular weight excluding hydrogens is 210 g/mol. The van der Waals surface area contributed by atoms with Gasteiger partial charge in [-0.2, -0.15) is 0 Å². The third-order valence-corrected chi connectivity index (χ3v) is 2.64. The molecule has 0 saturated carbocycles. The number of halogens is 1. The minimum absolute atomic E-state index is 0.0125. The van der Waals surface area contributed by atoms with Crippen LogP contribution in [0.5, 0.6) is 0 Å². The van der Waals surface area contributed by atoms with Gasteiger partial charge in [-0.1, -0.05) is 11.6 Å². The maximum absolute atomic E-state index is 11.4. The van der Waals surface area contributed by atoms with Gasteiger partial charge in [-0.25, -0.2) is 0 Å². The standard InChI is InChI=1S/C12H10ClNO/c1-7-5-9(8(2)15)12-10(6-7)11(13)3-4-14-12/h3-6H,1-2H3. The Bertz CT molecular complexity index is 549. The van der Waals surface area contributed by atoms with Crippen LogP contribution in [0.25, 0.3) is 10.9 Å². The van der Waals surface area contributed by atoms with Gasteiger partial charge in [-0.15, -0.1) is 0 Å². The summed E-state index contributed by atoms with van der Waals surface area (Å²) >= 11 is 6.05. The highest BCUT2D eigenvalue weighted by Crippen LogP contribution is 2.25. The first kappa shape index (κ1) is 10.1. The molecule has 0 atom stereocenters. The molecule has 2 nitrogen and oxygen atoms in total. The molecule has 0 aliphatic carbocycles. The van der Waals surface area contributed by atoms with Crippen LogP contribution in [0.4, 0.5) is 0 Å². The maximum atomic E-state index is 11.4. The molecule has 76 valence electrons. The van der Waals surface area contributed by atoms with Crippen LogP contribution < -0.4 is 0 Å². The summed E-state index contributed by atoms with van der Waals surface area (Å²) in [6.07, 6.45) is 1.62.